The van der Waals surface area contributed by atoms with Crippen molar-refractivity contribution in [2.24, 2.45) is 0 Å². The first-order valence-electron chi connectivity index (χ1n) is 8.62. The van der Waals surface area contributed by atoms with Crippen LogP contribution in [0, 0.1) is 0 Å². The number of nitrogens with zero attached hydrogens (tertiary/aromatic N) is 2. The number of carbonyl (C=O) groups is 1. The molecule has 3 rings (SSSR count). The zero-order valence-corrected chi connectivity index (χ0v) is 15.4. The molecular weight excluding hydrogens is 346 g/mol. The first-order valence-corrected chi connectivity index (χ1v) is 9.61. The van der Waals surface area contributed by atoms with E-state index in [0.717, 1.165) is 24.0 Å². The van der Waals surface area contributed by atoms with E-state index in [-0.39, 0.29) is 17.7 Å². The van der Waals surface area contributed by atoms with Crippen LogP contribution in [-0.4, -0.2) is 21.9 Å². The average Bonchev–Trinajstić information content (AvgIpc) is 3.17. The third-order valence-electron chi connectivity index (χ3n) is 3.87. The molecule has 0 aliphatic rings. The zero-order chi connectivity index (χ0) is 18.2. The molecule has 1 heterocycles. The van der Waals surface area contributed by atoms with Crippen LogP contribution >= 0.6 is 11.8 Å². The van der Waals surface area contributed by atoms with Crippen molar-refractivity contribution in [1.82, 2.24) is 15.5 Å². The Morgan fingerprint density at radius 1 is 1.08 bits per heavy atom. The monoisotopic (exact) mass is 367 g/mol. The topological polar surface area (TPSA) is 68.0 Å². The van der Waals surface area contributed by atoms with Gasteiger partial charge in [-0.3, -0.25) is 4.79 Å². The number of benzene rings is 2. The summed E-state index contributed by atoms with van der Waals surface area (Å²) in [5, 5.41) is 11.5. The molecule has 3 aromatic rings. The van der Waals surface area contributed by atoms with Crippen molar-refractivity contribution in [3.05, 3.63) is 66.2 Å². The maximum atomic E-state index is 12.3. The molecule has 0 radical (unpaired) electrons. The molecule has 0 aliphatic heterocycles. The fourth-order valence-corrected chi connectivity index (χ4v) is 3.20. The molecule has 26 heavy (non-hydrogen) atoms. The van der Waals surface area contributed by atoms with E-state index >= 15 is 0 Å². The first kappa shape index (κ1) is 18.2. The first-order chi connectivity index (χ1) is 12.8. The number of hydrogen-bond acceptors (Lipinski definition) is 5. The summed E-state index contributed by atoms with van der Waals surface area (Å²) in [6.45, 7) is 2.11. The second-order valence-corrected chi connectivity index (χ2v) is 6.77. The lowest BCUT2D eigenvalue weighted by Crippen LogP contribution is -2.29. The molecule has 134 valence electrons. The Balaban J connectivity index is 1.56. The highest BCUT2D eigenvalue weighted by Gasteiger charge is 2.15. The highest BCUT2D eigenvalue weighted by molar-refractivity contribution is 7.99. The maximum absolute atomic E-state index is 12.3. The lowest BCUT2D eigenvalue weighted by atomic mass is 10.0. The van der Waals surface area contributed by atoms with Crippen LogP contribution in [0.5, 0.6) is 0 Å². The fraction of sp³-hybridized carbons (Fsp3) is 0.250. The molecule has 1 N–H and O–H groups in total. The quantitative estimate of drug-likeness (QED) is 0.594. The molecule has 5 nitrogen and oxygen atoms in total. The largest absolute Gasteiger partial charge is 0.411 e. The van der Waals surface area contributed by atoms with Crippen LogP contribution in [0.3, 0.4) is 0 Å². The highest BCUT2D eigenvalue weighted by Crippen LogP contribution is 2.23. The van der Waals surface area contributed by atoms with Crippen LogP contribution in [0.2, 0.25) is 0 Å². The summed E-state index contributed by atoms with van der Waals surface area (Å²) in [4.78, 5) is 12.3. The molecule has 0 bridgehead atoms. The van der Waals surface area contributed by atoms with Gasteiger partial charge < -0.3 is 9.73 Å². The molecule has 6 heteroatoms. The molecule has 0 fully saturated rings. The van der Waals surface area contributed by atoms with Crippen molar-refractivity contribution in [1.29, 1.82) is 0 Å². The van der Waals surface area contributed by atoms with E-state index in [1.807, 2.05) is 60.7 Å². The number of amides is 1. The van der Waals surface area contributed by atoms with Crippen LogP contribution in [0.25, 0.3) is 11.5 Å². The van der Waals surface area contributed by atoms with Gasteiger partial charge in [0.05, 0.1) is 11.8 Å². The van der Waals surface area contributed by atoms with Crippen LogP contribution in [0.4, 0.5) is 0 Å². The summed E-state index contributed by atoms with van der Waals surface area (Å²) >= 11 is 1.25. The molecule has 1 unspecified atom stereocenters. The lowest BCUT2D eigenvalue weighted by Gasteiger charge is -2.18. The van der Waals surface area contributed by atoms with E-state index in [1.54, 1.807) is 0 Å². The number of nitrogens with one attached hydrogen (secondary N) is 1. The number of rotatable bonds is 8. The van der Waals surface area contributed by atoms with Gasteiger partial charge in [-0.1, -0.05) is 73.6 Å². The Morgan fingerprint density at radius 2 is 1.77 bits per heavy atom. The molecule has 0 aliphatic carbocycles. The van der Waals surface area contributed by atoms with E-state index < -0.39 is 0 Å². The molecule has 1 atom stereocenters. The van der Waals surface area contributed by atoms with Crippen LogP contribution in [0.15, 0.2) is 70.3 Å². The fourth-order valence-electron chi connectivity index (χ4n) is 2.62. The van der Waals surface area contributed by atoms with Gasteiger partial charge >= 0.3 is 0 Å². The number of thioether (sulfide) groups is 1. The van der Waals surface area contributed by atoms with Gasteiger partial charge in [-0.05, 0) is 24.1 Å². The van der Waals surface area contributed by atoms with Gasteiger partial charge in [0.25, 0.3) is 5.22 Å². The van der Waals surface area contributed by atoms with E-state index in [1.165, 1.54) is 11.8 Å². The van der Waals surface area contributed by atoms with Crippen molar-refractivity contribution >= 4 is 17.7 Å². The van der Waals surface area contributed by atoms with Crippen molar-refractivity contribution in [3.8, 4) is 11.5 Å². The van der Waals surface area contributed by atoms with Crippen molar-refractivity contribution in [2.75, 3.05) is 5.75 Å². The predicted octanol–water partition coefficient (Wildman–Crippen LogP) is 4.49. The minimum absolute atomic E-state index is 0.0249. The van der Waals surface area contributed by atoms with Crippen LogP contribution in [0.1, 0.15) is 31.4 Å². The summed E-state index contributed by atoms with van der Waals surface area (Å²) in [6.07, 6.45) is 1.90. The molecule has 2 aromatic carbocycles. The summed E-state index contributed by atoms with van der Waals surface area (Å²) < 4.78 is 5.62. The van der Waals surface area contributed by atoms with Gasteiger partial charge in [0.2, 0.25) is 11.8 Å². The van der Waals surface area contributed by atoms with Crippen LogP contribution < -0.4 is 5.32 Å². The maximum Gasteiger partial charge on any atom is 0.277 e. The number of carbonyl (C=O) groups excluding carboxylic acids is 1. The minimum Gasteiger partial charge on any atom is -0.411 e. The Bertz CT molecular complexity index is 821. The Kier molecular flexibility index (Phi) is 6.44. The van der Waals surface area contributed by atoms with Gasteiger partial charge in [0, 0.05) is 5.56 Å². The molecular formula is C20H21N3O2S. The van der Waals surface area contributed by atoms with E-state index in [9.17, 15) is 4.79 Å². The number of aromatic nitrogens is 2. The Labute approximate surface area is 157 Å². The van der Waals surface area contributed by atoms with Gasteiger partial charge in [0.1, 0.15) is 0 Å². The Morgan fingerprint density at radius 3 is 2.46 bits per heavy atom. The third-order valence-corrected chi connectivity index (χ3v) is 4.69. The summed E-state index contributed by atoms with van der Waals surface area (Å²) in [7, 11) is 0. The van der Waals surface area contributed by atoms with E-state index in [4.69, 9.17) is 4.42 Å². The standard InChI is InChI=1S/C20H21N3O2S/c1-2-9-17(15-10-5-3-6-11-15)21-18(24)14-26-20-23-22-19(25-20)16-12-7-4-8-13-16/h3-8,10-13,17H,2,9,14H2,1H3,(H,21,24). The lowest BCUT2D eigenvalue weighted by molar-refractivity contribution is -0.119. The molecule has 1 aromatic heterocycles. The molecule has 0 saturated carbocycles. The van der Waals surface area contributed by atoms with Crippen molar-refractivity contribution < 1.29 is 9.21 Å². The zero-order valence-electron chi connectivity index (χ0n) is 14.6. The van der Waals surface area contributed by atoms with Gasteiger partial charge in [-0.25, -0.2) is 0 Å². The van der Waals surface area contributed by atoms with Gasteiger partial charge in [-0.2, -0.15) is 0 Å². The van der Waals surface area contributed by atoms with Gasteiger partial charge in [-0.15, -0.1) is 10.2 Å². The highest BCUT2D eigenvalue weighted by atomic mass is 32.2. The average molecular weight is 367 g/mol. The Hall–Kier alpha value is -2.60. The molecule has 1 amide bonds. The number of hydrogen-bond donors (Lipinski definition) is 1. The predicted molar refractivity (Wildman–Crippen MR) is 103 cm³/mol. The molecule has 0 spiro atoms. The smallest absolute Gasteiger partial charge is 0.277 e. The summed E-state index contributed by atoms with van der Waals surface area (Å²) in [6, 6.07) is 19.6. The summed E-state index contributed by atoms with van der Waals surface area (Å²) in [5.74, 6) is 0.655. The van der Waals surface area contributed by atoms with E-state index in [0.29, 0.717) is 11.1 Å². The van der Waals surface area contributed by atoms with Crippen LogP contribution in [-0.2, 0) is 4.79 Å². The second-order valence-electron chi connectivity index (χ2n) is 5.85. The van der Waals surface area contributed by atoms with Gasteiger partial charge in [0.15, 0.2) is 0 Å². The molecule has 0 saturated heterocycles. The van der Waals surface area contributed by atoms with E-state index in [2.05, 4.69) is 22.4 Å². The van der Waals surface area contributed by atoms with Crippen molar-refractivity contribution in [2.45, 2.75) is 31.0 Å². The second kappa shape index (κ2) is 9.20. The minimum atomic E-state index is -0.0447. The normalized spacial score (nSPS) is 11.9. The third kappa shape index (κ3) is 4.95. The SMILES string of the molecule is CCCC(NC(=O)CSc1nnc(-c2ccccc2)o1)c1ccccc1. The summed E-state index contributed by atoms with van der Waals surface area (Å²) in [5.41, 5.74) is 1.99. The van der Waals surface area contributed by atoms with Crippen molar-refractivity contribution in [3.63, 3.8) is 0 Å².